The van der Waals surface area contributed by atoms with Gasteiger partial charge in [0.25, 0.3) is 11.8 Å². The summed E-state index contributed by atoms with van der Waals surface area (Å²) in [7, 11) is 1.51. The lowest BCUT2D eigenvalue weighted by Crippen LogP contribution is -2.42. The molecule has 0 atom stereocenters. The lowest BCUT2D eigenvalue weighted by atomic mass is 10.2. The van der Waals surface area contributed by atoms with Crippen LogP contribution in [0.4, 0.5) is 10.8 Å². The van der Waals surface area contributed by atoms with E-state index in [4.69, 9.17) is 10.5 Å². The molecular formula is C20H31Cl2N5O3S. The van der Waals surface area contributed by atoms with Crippen LogP contribution in [0.1, 0.15) is 48.5 Å². The Morgan fingerprint density at radius 1 is 1.16 bits per heavy atom. The number of anilines is 2. The smallest absolute Gasteiger partial charge is 0.270 e. The number of ether oxygens (including phenoxy) is 1. The molecule has 2 amide bonds. The summed E-state index contributed by atoms with van der Waals surface area (Å²) in [5, 5.41) is 7.53. The fourth-order valence-electron chi connectivity index (χ4n) is 2.98. The average molecular weight is 492 g/mol. The molecule has 174 valence electrons. The van der Waals surface area contributed by atoms with Crippen LogP contribution in [0.3, 0.4) is 0 Å². The Bertz CT molecular complexity index is 853. The molecule has 0 aliphatic heterocycles. The van der Waals surface area contributed by atoms with E-state index in [1.165, 1.54) is 24.5 Å². The Labute approximate surface area is 199 Å². The van der Waals surface area contributed by atoms with Gasteiger partial charge >= 0.3 is 0 Å². The predicted molar refractivity (Wildman–Crippen MR) is 131 cm³/mol. The van der Waals surface area contributed by atoms with Crippen molar-refractivity contribution in [2.75, 3.05) is 31.2 Å². The molecule has 1 heterocycles. The SMILES string of the molecule is COc1ccc(C(=O)Nc2nc(C(=O)NCCN(C(C)C)C(C)C)cs2)cc1N.Cl.Cl. The Balaban J connectivity index is 0.00000450. The first-order chi connectivity index (χ1) is 13.7. The largest absolute Gasteiger partial charge is 0.495 e. The van der Waals surface area contributed by atoms with Crippen molar-refractivity contribution in [3.8, 4) is 5.75 Å². The molecule has 0 bridgehead atoms. The number of nitrogen functional groups attached to an aromatic ring is 1. The number of thiazole rings is 1. The number of carbonyl (C=O) groups is 2. The maximum atomic E-state index is 12.4. The molecule has 0 saturated heterocycles. The van der Waals surface area contributed by atoms with E-state index < -0.39 is 0 Å². The number of methoxy groups -OCH3 is 1. The zero-order valence-electron chi connectivity index (χ0n) is 18.3. The minimum atomic E-state index is -0.356. The van der Waals surface area contributed by atoms with E-state index in [0.29, 0.717) is 40.8 Å². The van der Waals surface area contributed by atoms with Gasteiger partial charge < -0.3 is 15.8 Å². The zero-order chi connectivity index (χ0) is 21.6. The third-order valence-electron chi connectivity index (χ3n) is 4.43. The van der Waals surface area contributed by atoms with Crippen molar-refractivity contribution in [2.45, 2.75) is 39.8 Å². The van der Waals surface area contributed by atoms with E-state index >= 15 is 0 Å². The number of rotatable bonds is 9. The summed E-state index contributed by atoms with van der Waals surface area (Å²) in [6.07, 6.45) is 0. The molecule has 4 N–H and O–H groups in total. The zero-order valence-corrected chi connectivity index (χ0v) is 20.7. The van der Waals surface area contributed by atoms with Gasteiger partial charge in [0, 0.05) is 36.1 Å². The Morgan fingerprint density at radius 3 is 2.35 bits per heavy atom. The topological polar surface area (TPSA) is 110 Å². The number of carbonyl (C=O) groups excluding carboxylic acids is 2. The van der Waals surface area contributed by atoms with Gasteiger partial charge in [-0.25, -0.2) is 4.98 Å². The number of nitrogens with two attached hydrogens (primary N) is 1. The molecule has 0 fully saturated rings. The van der Waals surface area contributed by atoms with Crippen molar-refractivity contribution in [2.24, 2.45) is 0 Å². The van der Waals surface area contributed by atoms with E-state index in [9.17, 15) is 9.59 Å². The van der Waals surface area contributed by atoms with Crippen LogP contribution in [-0.2, 0) is 0 Å². The molecular weight excluding hydrogens is 461 g/mol. The summed E-state index contributed by atoms with van der Waals surface area (Å²) in [4.78, 5) is 31.2. The Morgan fingerprint density at radius 2 is 1.81 bits per heavy atom. The summed E-state index contributed by atoms with van der Waals surface area (Å²) >= 11 is 1.19. The normalized spacial score (nSPS) is 10.5. The maximum absolute atomic E-state index is 12.4. The van der Waals surface area contributed by atoms with Gasteiger partial charge in [0.15, 0.2) is 5.13 Å². The van der Waals surface area contributed by atoms with Gasteiger partial charge in [-0.05, 0) is 45.9 Å². The molecule has 2 rings (SSSR count). The van der Waals surface area contributed by atoms with Crippen molar-refractivity contribution < 1.29 is 14.3 Å². The first-order valence-corrected chi connectivity index (χ1v) is 10.3. The highest BCUT2D eigenvalue weighted by molar-refractivity contribution is 7.14. The molecule has 2 aromatic rings. The van der Waals surface area contributed by atoms with E-state index in [1.807, 2.05) is 0 Å². The number of hydrogen-bond acceptors (Lipinski definition) is 7. The van der Waals surface area contributed by atoms with Crippen molar-refractivity contribution in [3.63, 3.8) is 0 Å². The fourth-order valence-corrected chi connectivity index (χ4v) is 3.67. The van der Waals surface area contributed by atoms with Gasteiger partial charge in [0.05, 0.1) is 12.8 Å². The summed E-state index contributed by atoms with van der Waals surface area (Å²) < 4.78 is 5.09. The van der Waals surface area contributed by atoms with Gasteiger partial charge in [0.2, 0.25) is 0 Å². The number of nitrogens with one attached hydrogen (secondary N) is 2. The molecule has 1 aromatic heterocycles. The van der Waals surface area contributed by atoms with Crippen LogP contribution in [0.15, 0.2) is 23.6 Å². The van der Waals surface area contributed by atoms with Crippen molar-refractivity contribution in [1.29, 1.82) is 0 Å². The lowest BCUT2D eigenvalue weighted by molar-refractivity contribution is 0.0934. The van der Waals surface area contributed by atoms with Crippen LogP contribution in [0, 0.1) is 0 Å². The van der Waals surface area contributed by atoms with E-state index in [2.05, 4.69) is 48.2 Å². The van der Waals surface area contributed by atoms with Crippen molar-refractivity contribution >= 4 is 58.8 Å². The van der Waals surface area contributed by atoms with Gasteiger partial charge in [-0.2, -0.15) is 0 Å². The monoisotopic (exact) mass is 491 g/mol. The van der Waals surface area contributed by atoms with Crippen molar-refractivity contribution in [3.05, 3.63) is 34.8 Å². The van der Waals surface area contributed by atoms with Crippen molar-refractivity contribution in [1.82, 2.24) is 15.2 Å². The third kappa shape index (κ3) is 8.17. The predicted octanol–water partition coefficient (Wildman–Crippen LogP) is 3.68. The summed E-state index contributed by atoms with van der Waals surface area (Å²) in [6, 6.07) is 5.58. The number of halogens is 2. The number of benzene rings is 1. The van der Waals surface area contributed by atoms with E-state index in [-0.39, 0.29) is 42.3 Å². The first-order valence-electron chi connectivity index (χ1n) is 9.47. The number of hydrogen-bond donors (Lipinski definition) is 3. The molecule has 11 heteroatoms. The second-order valence-corrected chi connectivity index (χ2v) is 7.99. The lowest BCUT2D eigenvalue weighted by Gasteiger charge is -2.30. The molecule has 1 aromatic carbocycles. The third-order valence-corrected chi connectivity index (χ3v) is 5.19. The molecule has 0 saturated carbocycles. The molecule has 0 spiro atoms. The van der Waals surface area contributed by atoms with Gasteiger partial charge in [-0.15, -0.1) is 36.2 Å². The van der Waals surface area contributed by atoms with E-state index in [0.717, 1.165) is 6.54 Å². The highest BCUT2D eigenvalue weighted by Gasteiger charge is 2.16. The second-order valence-electron chi connectivity index (χ2n) is 7.13. The summed E-state index contributed by atoms with van der Waals surface area (Å²) in [5.41, 5.74) is 6.87. The highest BCUT2D eigenvalue weighted by atomic mass is 35.5. The van der Waals surface area contributed by atoms with Gasteiger partial charge in [-0.3, -0.25) is 19.8 Å². The van der Waals surface area contributed by atoms with Gasteiger partial charge in [0.1, 0.15) is 11.4 Å². The molecule has 31 heavy (non-hydrogen) atoms. The molecule has 0 aliphatic carbocycles. The maximum Gasteiger partial charge on any atom is 0.270 e. The van der Waals surface area contributed by atoms with Crippen LogP contribution in [0.25, 0.3) is 0 Å². The Hall–Kier alpha value is -2.07. The standard InChI is InChI=1S/C20H29N5O3S.2ClH/c1-12(2)25(13(3)4)9-8-22-19(27)16-11-29-20(23-16)24-18(26)14-6-7-17(28-5)15(21)10-14;;/h6-7,10-13H,8-9,21H2,1-5H3,(H,22,27)(H,23,24,26);2*1H. The van der Waals surface area contributed by atoms with Crippen LogP contribution >= 0.6 is 36.2 Å². The van der Waals surface area contributed by atoms with Crippen LogP contribution in [0.5, 0.6) is 5.75 Å². The molecule has 0 radical (unpaired) electrons. The quantitative estimate of drug-likeness (QED) is 0.461. The average Bonchev–Trinajstić information content (AvgIpc) is 3.12. The summed E-state index contributed by atoms with van der Waals surface area (Å²) in [6.45, 7) is 9.82. The summed E-state index contributed by atoms with van der Waals surface area (Å²) in [5.74, 6) is -0.115. The minimum Gasteiger partial charge on any atom is -0.495 e. The first kappa shape index (κ1) is 28.9. The number of amides is 2. The number of nitrogens with zero attached hydrogens (tertiary/aromatic N) is 2. The van der Waals surface area contributed by atoms with Gasteiger partial charge in [-0.1, -0.05) is 0 Å². The molecule has 0 unspecified atom stereocenters. The molecule has 0 aliphatic rings. The second kappa shape index (κ2) is 13.4. The fraction of sp³-hybridized carbons (Fsp3) is 0.450. The number of aromatic nitrogens is 1. The van der Waals surface area contributed by atoms with Crippen LogP contribution in [-0.4, -0.2) is 54.0 Å². The van der Waals surface area contributed by atoms with Crippen LogP contribution < -0.4 is 21.1 Å². The Kier molecular flexibility index (Phi) is 12.5. The van der Waals surface area contributed by atoms with Crippen LogP contribution in [0.2, 0.25) is 0 Å². The van der Waals surface area contributed by atoms with E-state index in [1.54, 1.807) is 17.5 Å². The molecule has 8 nitrogen and oxygen atoms in total. The minimum absolute atomic E-state index is 0. The highest BCUT2D eigenvalue weighted by Crippen LogP contribution is 2.23.